The van der Waals surface area contributed by atoms with Crippen molar-refractivity contribution in [1.82, 2.24) is 0 Å². The Bertz CT molecular complexity index is 638. The first kappa shape index (κ1) is 21.2. The second kappa shape index (κ2) is 11.5. The molecule has 0 spiro atoms. The fraction of sp³-hybridized carbons (Fsp3) is 0.643. The molecule has 2 fully saturated rings. The van der Waals surface area contributed by atoms with Crippen molar-refractivity contribution in [3.8, 4) is 11.8 Å². The van der Waals surface area contributed by atoms with Crippen molar-refractivity contribution >= 4 is 0 Å². The van der Waals surface area contributed by atoms with Gasteiger partial charge >= 0.3 is 0 Å². The molecule has 2 saturated carbocycles. The van der Waals surface area contributed by atoms with Gasteiger partial charge in [-0.05, 0) is 99.2 Å². The first-order valence-corrected chi connectivity index (χ1v) is 12.0. The van der Waals surface area contributed by atoms with Gasteiger partial charge in [-0.3, -0.25) is 0 Å². The average Bonchev–Trinajstić information content (AvgIpc) is 2.76. The Balaban J connectivity index is 1.40. The van der Waals surface area contributed by atoms with E-state index in [1.807, 2.05) is 0 Å². The first-order valence-electron chi connectivity index (χ1n) is 12.0. The van der Waals surface area contributed by atoms with Gasteiger partial charge in [0.2, 0.25) is 0 Å². The van der Waals surface area contributed by atoms with Crippen LogP contribution in [0.1, 0.15) is 102 Å². The third-order valence-corrected chi connectivity index (χ3v) is 7.21. The van der Waals surface area contributed by atoms with Crippen LogP contribution in [0.5, 0.6) is 0 Å². The van der Waals surface area contributed by atoms with Gasteiger partial charge in [0.15, 0.2) is 0 Å². The Morgan fingerprint density at radius 2 is 1.61 bits per heavy atom. The summed E-state index contributed by atoms with van der Waals surface area (Å²) >= 11 is 0. The maximum atomic E-state index is 3.55. The van der Waals surface area contributed by atoms with Crippen LogP contribution in [0, 0.1) is 29.6 Å². The zero-order valence-corrected chi connectivity index (χ0v) is 18.3. The van der Waals surface area contributed by atoms with Crippen molar-refractivity contribution in [3.05, 3.63) is 47.5 Å². The van der Waals surface area contributed by atoms with E-state index in [1.54, 1.807) is 5.56 Å². The Morgan fingerprint density at radius 1 is 0.893 bits per heavy atom. The topological polar surface area (TPSA) is 0 Å². The van der Waals surface area contributed by atoms with Crippen LogP contribution >= 0.6 is 0 Å². The summed E-state index contributed by atoms with van der Waals surface area (Å²) in [6.07, 6.45) is 20.5. The average molecular weight is 377 g/mol. The molecule has 1 aromatic carbocycles. The maximum absolute atomic E-state index is 3.55. The lowest BCUT2D eigenvalue weighted by Crippen LogP contribution is -2.12. The van der Waals surface area contributed by atoms with Crippen LogP contribution in [0.15, 0.2) is 36.4 Å². The van der Waals surface area contributed by atoms with Gasteiger partial charge in [0.05, 0.1) is 0 Å². The highest BCUT2D eigenvalue weighted by molar-refractivity contribution is 5.26. The molecule has 0 atom stereocenters. The smallest absolute Gasteiger partial charge is 0.0206 e. The lowest BCUT2D eigenvalue weighted by atomic mass is 9.78. The van der Waals surface area contributed by atoms with Crippen molar-refractivity contribution in [3.63, 3.8) is 0 Å². The third-order valence-electron chi connectivity index (χ3n) is 7.21. The van der Waals surface area contributed by atoms with Crippen molar-refractivity contribution in [2.45, 2.75) is 96.8 Å². The predicted octanol–water partition coefficient (Wildman–Crippen LogP) is 8.08. The number of hydrogen-bond acceptors (Lipinski definition) is 0. The molecule has 0 unspecified atom stereocenters. The summed E-state index contributed by atoms with van der Waals surface area (Å²) in [6, 6.07) is 9.49. The molecule has 0 amide bonds. The zero-order valence-electron chi connectivity index (χ0n) is 18.3. The van der Waals surface area contributed by atoms with Crippen molar-refractivity contribution in [2.24, 2.45) is 17.8 Å². The number of allylic oxidation sites excluding steroid dienone is 2. The van der Waals surface area contributed by atoms with Gasteiger partial charge in [-0.15, -0.1) is 0 Å². The summed E-state index contributed by atoms with van der Waals surface area (Å²) in [5.41, 5.74) is 3.05. The summed E-state index contributed by atoms with van der Waals surface area (Å²) in [6.45, 7) is 4.60. The zero-order chi connectivity index (χ0) is 19.6. The summed E-state index contributed by atoms with van der Waals surface area (Å²) < 4.78 is 0. The van der Waals surface area contributed by atoms with Crippen LogP contribution < -0.4 is 0 Å². The normalized spacial score (nSPS) is 28.1. The minimum Gasteiger partial charge on any atom is -0.0951 e. The molecule has 0 heteroatoms. The molecule has 0 saturated heterocycles. The molecule has 3 rings (SSSR count). The van der Waals surface area contributed by atoms with Gasteiger partial charge in [0.1, 0.15) is 0 Å². The van der Waals surface area contributed by atoms with Gasteiger partial charge in [-0.2, -0.15) is 0 Å². The van der Waals surface area contributed by atoms with Crippen LogP contribution in [0.3, 0.4) is 0 Å². The number of aryl methyl sites for hydroxylation is 1. The molecule has 0 radical (unpaired) electrons. The van der Waals surface area contributed by atoms with Gasteiger partial charge in [-0.25, -0.2) is 0 Å². The molecule has 0 heterocycles. The number of benzene rings is 1. The minimum atomic E-state index is 0.612. The molecule has 0 aromatic heterocycles. The van der Waals surface area contributed by atoms with Gasteiger partial charge in [-0.1, -0.05) is 68.9 Å². The van der Waals surface area contributed by atoms with Crippen LogP contribution in [0.25, 0.3) is 0 Å². The third kappa shape index (κ3) is 6.55. The second-order valence-electron chi connectivity index (χ2n) is 9.23. The maximum Gasteiger partial charge on any atom is 0.0206 e. The van der Waals surface area contributed by atoms with E-state index in [9.17, 15) is 0 Å². The van der Waals surface area contributed by atoms with E-state index >= 15 is 0 Å². The molecule has 1 aromatic rings. The highest BCUT2D eigenvalue weighted by Gasteiger charge is 2.21. The summed E-state index contributed by atoms with van der Waals surface area (Å²) in [7, 11) is 0. The van der Waals surface area contributed by atoms with Gasteiger partial charge < -0.3 is 0 Å². The molecule has 0 aliphatic heterocycles. The van der Waals surface area contributed by atoms with E-state index in [4.69, 9.17) is 0 Å². The van der Waals surface area contributed by atoms with Crippen LogP contribution in [-0.2, 0) is 6.42 Å². The molecule has 2 aliphatic carbocycles. The number of hydrogen-bond donors (Lipinski definition) is 0. The van der Waals surface area contributed by atoms with Crippen molar-refractivity contribution in [2.75, 3.05) is 0 Å². The van der Waals surface area contributed by atoms with E-state index < -0.39 is 0 Å². The molecule has 152 valence electrons. The van der Waals surface area contributed by atoms with Gasteiger partial charge in [0.25, 0.3) is 0 Å². The number of unbranched alkanes of at least 4 members (excludes halogenated alkanes) is 1. The van der Waals surface area contributed by atoms with Crippen molar-refractivity contribution in [1.29, 1.82) is 0 Å². The standard InChI is InChI=1S/C28H40/c1-3-5-8-24-15-19-27(20-16-24)28-21-17-26(18-22-28)10-7-6-9-25-13-11-23(4-2)12-14-25/h6,9,15-16,19-20,23,25-26,28H,3-5,8,11-14,17-18,21-22H2,1-2H3. The van der Waals surface area contributed by atoms with Gasteiger partial charge in [0, 0.05) is 5.92 Å². The monoisotopic (exact) mass is 376 g/mol. The van der Waals surface area contributed by atoms with Crippen LogP contribution in [-0.4, -0.2) is 0 Å². The largest absolute Gasteiger partial charge is 0.0951 e. The fourth-order valence-electron chi connectivity index (χ4n) is 5.05. The lowest BCUT2D eigenvalue weighted by molar-refractivity contribution is 0.304. The van der Waals surface area contributed by atoms with E-state index in [0.717, 1.165) is 17.8 Å². The first-order chi connectivity index (χ1) is 13.8. The van der Waals surface area contributed by atoms with E-state index in [1.165, 1.54) is 82.6 Å². The Hall–Kier alpha value is -1.48. The Labute approximate surface area is 174 Å². The molecular weight excluding hydrogens is 336 g/mol. The lowest BCUT2D eigenvalue weighted by Gasteiger charge is -2.26. The van der Waals surface area contributed by atoms with E-state index in [0.29, 0.717) is 5.92 Å². The Morgan fingerprint density at radius 3 is 2.25 bits per heavy atom. The van der Waals surface area contributed by atoms with Crippen molar-refractivity contribution < 1.29 is 0 Å². The molecule has 2 aliphatic rings. The predicted molar refractivity (Wildman–Crippen MR) is 122 cm³/mol. The second-order valence-corrected chi connectivity index (χ2v) is 9.23. The number of rotatable bonds is 6. The molecule has 0 nitrogen and oxygen atoms in total. The Kier molecular flexibility index (Phi) is 8.72. The molecule has 0 N–H and O–H groups in total. The minimum absolute atomic E-state index is 0.612. The van der Waals surface area contributed by atoms with E-state index in [-0.39, 0.29) is 0 Å². The summed E-state index contributed by atoms with van der Waals surface area (Å²) in [5, 5.41) is 0. The highest BCUT2D eigenvalue weighted by atomic mass is 14.3. The molecule has 28 heavy (non-hydrogen) atoms. The molecule has 0 bridgehead atoms. The fourth-order valence-corrected chi connectivity index (χ4v) is 5.05. The highest BCUT2D eigenvalue weighted by Crippen LogP contribution is 2.35. The van der Waals surface area contributed by atoms with E-state index in [2.05, 4.69) is 62.1 Å². The quantitative estimate of drug-likeness (QED) is 0.440. The summed E-state index contributed by atoms with van der Waals surface area (Å²) in [5.74, 6) is 10.1. The summed E-state index contributed by atoms with van der Waals surface area (Å²) in [4.78, 5) is 0. The van der Waals surface area contributed by atoms with Crippen LogP contribution in [0.4, 0.5) is 0 Å². The van der Waals surface area contributed by atoms with Crippen LogP contribution in [0.2, 0.25) is 0 Å². The SMILES string of the molecule is CCCCc1ccc(C2CCC(C#CC=CC3CCC(CC)CC3)CC2)cc1. The molecular formula is C28H40.